The molecule has 1 heterocycles. The number of rotatable bonds is 6. The van der Waals surface area contributed by atoms with E-state index in [1.165, 1.54) is 6.08 Å². The first-order valence-electron chi connectivity index (χ1n) is 8.11. The van der Waals surface area contributed by atoms with Crippen molar-refractivity contribution < 1.29 is 23.8 Å². The fourth-order valence-corrected chi connectivity index (χ4v) is 2.63. The van der Waals surface area contributed by atoms with Gasteiger partial charge in [0.1, 0.15) is 17.3 Å². The molecule has 0 saturated carbocycles. The molecule has 128 valence electrons. The van der Waals surface area contributed by atoms with E-state index in [1.54, 1.807) is 42.5 Å². The molecule has 25 heavy (non-hydrogen) atoms. The Labute approximate surface area is 145 Å². The summed E-state index contributed by atoms with van der Waals surface area (Å²) in [5.41, 5.74) is 1.43. The summed E-state index contributed by atoms with van der Waals surface area (Å²) in [6.07, 6.45) is 1.32. The van der Waals surface area contributed by atoms with Crippen LogP contribution in [-0.2, 0) is 4.74 Å². The number of fused-ring (bicyclic) bond motifs is 1. The lowest BCUT2D eigenvalue weighted by atomic mass is 10.0. The van der Waals surface area contributed by atoms with Crippen LogP contribution in [0.2, 0.25) is 0 Å². The maximum atomic E-state index is 12.8. The molecule has 0 aliphatic carbocycles. The Morgan fingerprint density at radius 2 is 1.76 bits per heavy atom. The van der Waals surface area contributed by atoms with Crippen molar-refractivity contribution in [3.63, 3.8) is 0 Å². The number of benzene rings is 2. The number of cyclic esters (lactones) is 1. The maximum Gasteiger partial charge on any atom is 0.344 e. The molecule has 5 nitrogen and oxygen atoms in total. The number of carbonyl (C=O) groups is 2. The highest BCUT2D eigenvalue weighted by atomic mass is 16.5. The van der Waals surface area contributed by atoms with E-state index in [4.69, 9.17) is 14.2 Å². The number of ether oxygens (including phenoxy) is 3. The second-order valence-electron chi connectivity index (χ2n) is 5.33. The highest BCUT2D eigenvalue weighted by Gasteiger charge is 2.27. The summed E-state index contributed by atoms with van der Waals surface area (Å²) in [6, 6.07) is 12.1. The quantitative estimate of drug-likeness (QED) is 0.454. The molecule has 0 bridgehead atoms. The minimum absolute atomic E-state index is 0.245. The standard InChI is InChI=1S/C20H18O5/c1-3-23-13-9-10-18(24-4-2)16(11-13)17(21)12-19-14-7-5-6-8-15(14)20(22)25-19/h5-12H,3-4H2,1-2H3. The van der Waals surface area contributed by atoms with Crippen LogP contribution in [0.15, 0.2) is 48.5 Å². The van der Waals surface area contributed by atoms with E-state index in [2.05, 4.69) is 0 Å². The minimum Gasteiger partial charge on any atom is -0.494 e. The van der Waals surface area contributed by atoms with Gasteiger partial charge in [-0.05, 0) is 38.1 Å². The van der Waals surface area contributed by atoms with E-state index < -0.39 is 5.97 Å². The zero-order valence-corrected chi connectivity index (χ0v) is 14.1. The number of allylic oxidation sites excluding steroid dienone is 1. The molecule has 0 saturated heterocycles. The van der Waals surface area contributed by atoms with E-state index in [0.717, 1.165) is 0 Å². The summed E-state index contributed by atoms with van der Waals surface area (Å²) >= 11 is 0. The lowest BCUT2D eigenvalue weighted by Crippen LogP contribution is -2.04. The predicted molar refractivity (Wildman–Crippen MR) is 92.9 cm³/mol. The summed E-state index contributed by atoms with van der Waals surface area (Å²) in [5.74, 6) is 0.518. The van der Waals surface area contributed by atoms with Crippen LogP contribution >= 0.6 is 0 Å². The topological polar surface area (TPSA) is 61.8 Å². The van der Waals surface area contributed by atoms with E-state index >= 15 is 0 Å². The van der Waals surface area contributed by atoms with Crippen LogP contribution in [0.3, 0.4) is 0 Å². The Morgan fingerprint density at radius 1 is 1.04 bits per heavy atom. The molecule has 0 fully saturated rings. The van der Waals surface area contributed by atoms with Crippen molar-refractivity contribution in [3.05, 3.63) is 65.2 Å². The summed E-state index contributed by atoms with van der Waals surface area (Å²) in [6.45, 7) is 4.64. The second kappa shape index (κ2) is 7.21. The zero-order chi connectivity index (χ0) is 17.8. The van der Waals surface area contributed by atoms with Crippen molar-refractivity contribution in [2.75, 3.05) is 13.2 Å². The molecule has 3 rings (SSSR count). The number of carbonyl (C=O) groups excluding carboxylic acids is 2. The van der Waals surface area contributed by atoms with Crippen LogP contribution in [-0.4, -0.2) is 25.0 Å². The highest BCUT2D eigenvalue weighted by Crippen LogP contribution is 2.31. The van der Waals surface area contributed by atoms with Crippen molar-refractivity contribution in [1.82, 2.24) is 0 Å². The van der Waals surface area contributed by atoms with Gasteiger partial charge in [-0.1, -0.05) is 18.2 Å². The third kappa shape index (κ3) is 3.40. The molecule has 2 aromatic carbocycles. The summed E-state index contributed by atoms with van der Waals surface area (Å²) in [7, 11) is 0. The lowest BCUT2D eigenvalue weighted by molar-refractivity contribution is 0.0715. The molecule has 2 aromatic rings. The van der Waals surface area contributed by atoms with Gasteiger partial charge in [0.2, 0.25) is 0 Å². The van der Waals surface area contributed by atoms with Gasteiger partial charge in [0.05, 0.1) is 24.3 Å². The molecule has 1 aliphatic rings. The van der Waals surface area contributed by atoms with Gasteiger partial charge in [-0.2, -0.15) is 0 Å². The van der Waals surface area contributed by atoms with Crippen LogP contribution in [0.5, 0.6) is 11.5 Å². The second-order valence-corrected chi connectivity index (χ2v) is 5.33. The molecule has 0 radical (unpaired) electrons. The van der Waals surface area contributed by atoms with Crippen LogP contribution < -0.4 is 9.47 Å². The summed E-state index contributed by atoms with van der Waals surface area (Å²) < 4.78 is 16.2. The van der Waals surface area contributed by atoms with Gasteiger partial charge >= 0.3 is 5.97 Å². The van der Waals surface area contributed by atoms with Gasteiger partial charge in [-0.3, -0.25) is 4.79 Å². The average molecular weight is 338 g/mol. The molecule has 0 unspecified atom stereocenters. The molecule has 0 atom stereocenters. The SMILES string of the molecule is CCOc1ccc(OCC)c(C(=O)C=C2OC(=O)c3ccccc32)c1. The van der Waals surface area contributed by atoms with Gasteiger partial charge in [0.25, 0.3) is 0 Å². The zero-order valence-electron chi connectivity index (χ0n) is 14.1. The molecular formula is C20H18O5. The largest absolute Gasteiger partial charge is 0.494 e. The molecule has 5 heteroatoms. The van der Waals surface area contributed by atoms with E-state index in [-0.39, 0.29) is 11.5 Å². The first kappa shape index (κ1) is 16.8. The van der Waals surface area contributed by atoms with Gasteiger partial charge in [-0.15, -0.1) is 0 Å². The van der Waals surface area contributed by atoms with Crippen LogP contribution in [0, 0.1) is 0 Å². The number of esters is 1. The summed E-state index contributed by atoms with van der Waals surface area (Å²) in [5, 5.41) is 0. The third-order valence-electron chi connectivity index (χ3n) is 3.70. The average Bonchev–Trinajstić information content (AvgIpc) is 2.93. The number of ketones is 1. The number of hydrogen-bond donors (Lipinski definition) is 0. The molecular weight excluding hydrogens is 320 g/mol. The highest BCUT2D eigenvalue weighted by molar-refractivity contribution is 6.13. The van der Waals surface area contributed by atoms with Crippen molar-refractivity contribution in [3.8, 4) is 11.5 Å². The molecule has 0 amide bonds. The Morgan fingerprint density at radius 3 is 2.48 bits per heavy atom. The minimum atomic E-state index is -0.456. The molecule has 0 spiro atoms. The fourth-order valence-electron chi connectivity index (χ4n) is 2.63. The van der Waals surface area contributed by atoms with Crippen molar-refractivity contribution >= 4 is 17.5 Å². The van der Waals surface area contributed by atoms with Crippen molar-refractivity contribution in [2.24, 2.45) is 0 Å². The third-order valence-corrected chi connectivity index (χ3v) is 3.70. The van der Waals surface area contributed by atoms with Gasteiger partial charge in [-0.25, -0.2) is 4.79 Å². The first-order valence-corrected chi connectivity index (χ1v) is 8.11. The monoisotopic (exact) mass is 338 g/mol. The number of hydrogen-bond acceptors (Lipinski definition) is 5. The van der Waals surface area contributed by atoms with Crippen LogP contribution in [0.25, 0.3) is 5.76 Å². The normalized spacial score (nSPS) is 14.2. The van der Waals surface area contributed by atoms with Crippen molar-refractivity contribution in [2.45, 2.75) is 13.8 Å². The van der Waals surface area contributed by atoms with E-state index in [1.807, 2.05) is 13.8 Å². The Balaban J connectivity index is 1.98. The van der Waals surface area contributed by atoms with Crippen molar-refractivity contribution in [1.29, 1.82) is 0 Å². The lowest BCUT2D eigenvalue weighted by Gasteiger charge is -2.11. The fraction of sp³-hybridized carbons (Fsp3) is 0.200. The van der Waals surface area contributed by atoms with Gasteiger partial charge in [0, 0.05) is 11.6 Å². The Kier molecular flexibility index (Phi) is 4.84. The summed E-state index contributed by atoms with van der Waals surface area (Å²) in [4.78, 5) is 24.6. The molecule has 0 aromatic heterocycles. The smallest absolute Gasteiger partial charge is 0.344 e. The first-order chi connectivity index (χ1) is 12.1. The maximum absolute atomic E-state index is 12.8. The Hall–Kier alpha value is -3.08. The van der Waals surface area contributed by atoms with E-state index in [0.29, 0.717) is 41.4 Å². The van der Waals surface area contributed by atoms with Gasteiger partial charge in [0.15, 0.2) is 5.78 Å². The van der Waals surface area contributed by atoms with Gasteiger partial charge < -0.3 is 14.2 Å². The molecule has 0 N–H and O–H groups in total. The van der Waals surface area contributed by atoms with Crippen LogP contribution in [0.4, 0.5) is 0 Å². The molecule has 1 aliphatic heterocycles. The van der Waals surface area contributed by atoms with Crippen LogP contribution in [0.1, 0.15) is 40.1 Å². The Bertz CT molecular complexity index is 851. The van der Waals surface area contributed by atoms with E-state index in [9.17, 15) is 9.59 Å². The predicted octanol–water partition coefficient (Wildman–Crippen LogP) is 3.88.